The normalized spacial score (nSPS) is 11.8. The van der Waals surface area contributed by atoms with Crippen LogP contribution in [0.15, 0.2) is 60.8 Å². The second-order valence-corrected chi connectivity index (χ2v) is 6.47. The summed E-state index contributed by atoms with van der Waals surface area (Å²) >= 11 is 0. The second kappa shape index (κ2) is 8.52. The first-order valence-corrected chi connectivity index (χ1v) is 9.21. The molecular weight excluding hydrogens is 370 g/mol. The lowest BCUT2D eigenvalue weighted by atomic mass is 10.2. The summed E-state index contributed by atoms with van der Waals surface area (Å²) < 4.78 is 16.0. The Bertz CT molecular complexity index is 1010. The summed E-state index contributed by atoms with van der Waals surface area (Å²) in [5, 5.41) is 6.12. The quantitative estimate of drug-likeness (QED) is 0.643. The van der Waals surface area contributed by atoms with Crippen LogP contribution in [0.1, 0.15) is 21.5 Å². The van der Waals surface area contributed by atoms with E-state index in [0.29, 0.717) is 30.2 Å². The van der Waals surface area contributed by atoms with Crippen LogP contribution in [0, 0.1) is 0 Å². The number of ether oxygens (including phenoxy) is 3. The summed E-state index contributed by atoms with van der Waals surface area (Å²) in [4.78, 5) is 16.7. The fourth-order valence-electron chi connectivity index (χ4n) is 3.00. The van der Waals surface area contributed by atoms with Crippen LogP contribution in [0.3, 0.4) is 0 Å². The number of para-hydroxylation sites is 1. The highest BCUT2D eigenvalue weighted by Crippen LogP contribution is 2.32. The molecule has 0 aliphatic carbocycles. The Hall–Kier alpha value is -3.74. The van der Waals surface area contributed by atoms with Gasteiger partial charge < -0.3 is 24.8 Å². The molecular formula is C22H21N3O4. The third kappa shape index (κ3) is 4.40. The molecule has 1 aliphatic heterocycles. The molecule has 0 fully saturated rings. The number of rotatable bonds is 7. The molecule has 0 saturated heterocycles. The first-order valence-electron chi connectivity index (χ1n) is 9.21. The number of hydrogen-bond donors (Lipinski definition) is 2. The molecule has 1 aromatic heterocycles. The Morgan fingerprint density at radius 2 is 1.93 bits per heavy atom. The van der Waals surface area contributed by atoms with Gasteiger partial charge in [0.2, 0.25) is 6.79 Å². The summed E-state index contributed by atoms with van der Waals surface area (Å²) in [6, 6.07) is 16.9. The van der Waals surface area contributed by atoms with E-state index in [1.807, 2.05) is 42.5 Å². The topological polar surface area (TPSA) is 81.7 Å². The predicted octanol–water partition coefficient (Wildman–Crippen LogP) is 3.36. The molecule has 1 amide bonds. The molecule has 2 aromatic carbocycles. The molecule has 29 heavy (non-hydrogen) atoms. The molecule has 0 spiro atoms. The van der Waals surface area contributed by atoms with E-state index in [4.69, 9.17) is 14.2 Å². The maximum atomic E-state index is 12.4. The number of methoxy groups -OCH3 is 1. The van der Waals surface area contributed by atoms with Gasteiger partial charge in [-0.15, -0.1) is 0 Å². The largest absolute Gasteiger partial charge is 0.496 e. The van der Waals surface area contributed by atoms with Crippen molar-refractivity contribution in [3.05, 3.63) is 77.5 Å². The van der Waals surface area contributed by atoms with Gasteiger partial charge in [0.1, 0.15) is 11.6 Å². The number of nitrogens with one attached hydrogen (secondary N) is 2. The van der Waals surface area contributed by atoms with Crippen LogP contribution in [-0.4, -0.2) is 24.8 Å². The van der Waals surface area contributed by atoms with E-state index in [1.165, 1.54) is 0 Å². The van der Waals surface area contributed by atoms with E-state index >= 15 is 0 Å². The summed E-state index contributed by atoms with van der Waals surface area (Å²) in [7, 11) is 1.65. The SMILES string of the molecule is COc1ccccc1CNc1ccc(C(=O)NCc2ccc3c(c2)OCO3)cn1. The van der Waals surface area contributed by atoms with Crippen molar-refractivity contribution < 1.29 is 19.0 Å². The number of benzene rings is 2. The van der Waals surface area contributed by atoms with Crippen LogP contribution < -0.4 is 24.8 Å². The van der Waals surface area contributed by atoms with Gasteiger partial charge in [-0.2, -0.15) is 0 Å². The maximum Gasteiger partial charge on any atom is 0.253 e. The Morgan fingerprint density at radius 3 is 2.76 bits per heavy atom. The minimum atomic E-state index is -0.188. The minimum Gasteiger partial charge on any atom is -0.496 e. The number of pyridine rings is 1. The molecule has 0 bridgehead atoms. The van der Waals surface area contributed by atoms with Crippen LogP contribution in [0.25, 0.3) is 0 Å². The molecule has 2 heterocycles. The second-order valence-electron chi connectivity index (χ2n) is 6.47. The van der Waals surface area contributed by atoms with Crippen molar-refractivity contribution in [1.82, 2.24) is 10.3 Å². The van der Waals surface area contributed by atoms with Crippen molar-refractivity contribution in [1.29, 1.82) is 0 Å². The monoisotopic (exact) mass is 391 g/mol. The Balaban J connectivity index is 1.32. The van der Waals surface area contributed by atoms with Gasteiger partial charge in [-0.1, -0.05) is 24.3 Å². The van der Waals surface area contributed by atoms with Crippen LogP contribution in [0.4, 0.5) is 5.82 Å². The molecule has 7 nitrogen and oxygen atoms in total. The van der Waals surface area contributed by atoms with E-state index in [-0.39, 0.29) is 12.7 Å². The molecule has 4 rings (SSSR count). The number of carbonyl (C=O) groups excluding carboxylic acids is 1. The zero-order valence-electron chi connectivity index (χ0n) is 16.0. The summed E-state index contributed by atoms with van der Waals surface area (Å²) in [5.74, 6) is 2.73. The molecule has 0 atom stereocenters. The zero-order valence-corrected chi connectivity index (χ0v) is 16.0. The van der Waals surface area contributed by atoms with Gasteiger partial charge in [-0.3, -0.25) is 4.79 Å². The smallest absolute Gasteiger partial charge is 0.253 e. The lowest BCUT2D eigenvalue weighted by molar-refractivity contribution is 0.0950. The number of anilines is 1. The lowest BCUT2D eigenvalue weighted by Gasteiger charge is -2.10. The molecule has 148 valence electrons. The average Bonchev–Trinajstić information content (AvgIpc) is 3.24. The molecule has 0 saturated carbocycles. The Labute approximate surface area is 168 Å². The number of fused-ring (bicyclic) bond motifs is 1. The highest BCUT2D eigenvalue weighted by molar-refractivity contribution is 5.94. The van der Waals surface area contributed by atoms with Crippen LogP contribution >= 0.6 is 0 Å². The Morgan fingerprint density at radius 1 is 1.07 bits per heavy atom. The fourth-order valence-corrected chi connectivity index (χ4v) is 3.00. The van der Waals surface area contributed by atoms with Crippen molar-refractivity contribution >= 4 is 11.7 Å². The number of amides is 1. The van der Waals surface area contributed by atoms with E-state index in [2.05, 4.69) is 15.6 Å². The maximum absolute atomic E-state index is 12.4. The number of aromatic nitrogens is 1. The molecule has 7 heteroatoms. The molecule has 0 radical (unpaired) electrons. The standard InChI is InChI=1S/C22H21N3O4/c1-27-18-5-3-2-4-16(18)12-23-21-9-7-17(13-24-21)22(26)25-11-15-6-8-19-20(10-15)29-14-28-19/h2-10,13H,11-12,14H2,1H3,(H,23,24)(H,25,26). The van der Waals surface area contributed by atoms with Crippen molar-refractivity contribution in [3.8, 4) is 17.2 Å². The highest BCUT2D eigenvalue weighted by atomic mass is 16.7. The van der Waals surface area contributed by atoms with Crippen LogP contribution in [0.2, 0.25) is 0 Å². The van der Waals surface area contributed by atoms with Gasteiger partial charge in [0.15, 0.2) is 11.5 Å². The van der Waals surface area contributed by atoms with Crippen LogP contribution in [0.5, 0.6) is 17.2 Å². The first kappa shape index (κ1) is 18.6. The molecule has 1 aliphatic rings. The van der Waals surface area contributed by atoms with Gasteiger partial charge in [0, 0.05) is 24.8 Å². The van der Waals surface area contributed by atoms with E-state index in [1.54, 1.807) is 25.4 Å². The van der Waals surface area contributed by atoms with Crippen molar-refractivity contribution in [3.63, 3.8) is 0 Å². The molecule has 3 aromatic rings. The third-order valence-corrected chi connectivity index (χ3v) is 4.57. The zero-order chi connectivity index (χ0) is 20.1. The van der Waals surface area contributed by atoms with Gasteiger partial charge >= 0.3 is 0 Å². The van der Waals surface area contributed by atoms with Gasteiger partial charge in [-0.05, 0) is 35.9 Å². The highest BCUT2D eigenvalue weighted by Gasteiger charge is 2.14. The van der Waals surface area contributed by atoms with Crippen molar-refractivity contribution in [2.75, 3.05) is 19.2 Å². The lowest BCUT2D eigenvalue weighted by Crippen LogP contribution is -2.22. The van der Waals surface area contributed by atoms with Crippen LogP contribution in [-0.2, 0) is 13.1 Å². The average molecular weight is 391 g/mol. The summed E-state index contributed by atoms with van der Waals surface area (Å²) in [6.45, 7) is 1.20. The van der Waals surface area contributed by atoms with Gasteiger partial charge in [0.25, 0.3) is 5.91 Å². The first-order chi connectivity index (χ1) is 14.2. The third-order valence-electron chi connectivity index (χ3n) is 4.57. The summed E-state index contributed by atoms with van der Waals surface area (Å²) in [5.41, 5.74) is 2.46. The molecule has 2 N–H and O–H groups in total. The predicted molar refractivity (Wildman–Crippen MR) is 108 cm³/mol. The number of carbonyl (C=O) groups is 1. The van der Waals surface area contributed by atoms with E-state index < -0.39 is 0 Å². The van der Waals surface area contributed by atoms with Gasteiger partial charge in [0.05, 0.1) is 12.7 Å². The fraction of sp³-hybridized carbons (Fsp3) is 0.182. The minimum absolute atomic E-state index is 0.188. The summed E-state index contributed by atoms with van der Waals surface area (Å²) in [6.07, 6.45) is 1.56. The van der Waals surface area contributed by atoms with Crippen molar-refractivity contribution in [2.24, 2.45) is 0 Å². The number of nitrogens with zero attached hydrogens (tertiary/aromatic N) is 1. The number of hydrogen-bond acceptors (Lipinski definition) is 6. The Kier molecular flexibility index (Phi) is 5.47. The van der Waals surface area contributed by atoms with Gasteiger partial charge in [-0.25, -0.2) is 4.98 Å². The van der Waals surface area contributed by atoms with E-state index in [0.717, 1.165) is 22.6 Å². The van der Waals surface area contributed by atoms with Crippen molar-refractivity contribution in [2.45, 2.75) is 13.1 Å². The molecule has 0 unspecified atom stereocenters. The van der Waals surface area contributed by atoms with E-state index in [9.17, 15) is 4.79 Å².